The molecule has 0 saturated heterocycles. The van der Waals surface area contributed by atoms with E-state index in [1.807, 2.05) is 0 Å². The average Bonchev–Trinajstić information content (AvgIpc) is 2.16. The second kappa shape index (κ2) is 5.01. The Morgan fingerprint density at radius 2 is 2.25 bits per heavy atom. The molecule has 0 aliphatic rings. The number of carbonyl (C=O) groups is 1. The first-order valence-corrected chi connectivity index (χ1v) is 4.33. The molecule has 1 aromatic rings. The maximum atomic E-state index is 13.1. The van der Waals surface area contributed by atoms with Crippen molar-refractivity contribution in [2.45, 2.75) is 6.42 Å². The highest BCUT2D eigenvalue weighted by molar-refractivity contribution is 5.70. The number of carboxylic acids is 1. The van der Waals surface area contributed by atoms with E-state index in [4.69, 9.17) is 5.11 Å². The lowest BCUT2D eigenvalue weighted by Crippen LogP contribution is -1.92. The van der Waals surface area contributed by atoms with E-state index < -0.39 is 22.4 Å². The molecule has 16 heavy (non-hydrogen) atoms. The number of halogens is 1. The lowest BCUT2D eigenvalue weighted by molar-refractivity contribution is -0.387. The number of nitro benzene ring substituents is 1. The van der Waals surface area contributed by atoms with Gasteiger partial charge in [-0.15, -0.1) is 0 Å². The Labute approximate surface area is 90.0 Å². The summed E-state index contributed by atoms with van der Waals surface area (Å²) in [5.74, 6) is -1.94. The Morgan fingerprint density at radius 3 is 2.75 bits per heavy atom. The van der Waals surface area contributed by atoms with E-state index in [2.05, 4.69) is 0 Å². The highest BCUT2D eigenvalue weighted by Gasteiger charge is 2.12. The molecule has 0 aliphatic heterocycles. The molecule has 1 N–H and O–H groups in total. The monoisotopic (exact) mass is 225 g/mol. The van der Waals surface area contributed by atoms with Crippen LogP contribution >= 0.6 is 0 Å². The number of hydrogen-bond acceptors (Lipinski definition) is 3. The Balaban J connectivity index is 2.85. The van der Waals surface area contributed by atoms with E-state index in [1.165, 1.54) is 18.2 Å². The number of nitro groups is 1. The van der Waals surface area contributed by atoms with E-state index in [-0.39, 0.29) is 6.42 Å². The van der Waals surface area contributed by atoms with Crippen LogP contribution in [0.25, 0.3) is 6.08 Å². The Bertz CT molecular complexity index is 456. The van der Waals surface area contributed by atoms with Crippen molar-refractivity contribution in [1.82, 2.24) is 0 Å². The zero-order valence-electron chi connectivity index (χ0n) is 8.09. The number of carboxylic acid groups (broad SMARTS) is 1. The van der Waals surface area contributed by atoms with Gasteiger partial charge in [-0.2, -0.15) is 4.39 Å². The van der Waals surface area contributed by atoms with Gasteiger partial charge in [-0.25, -0.2) is 0 Å². The smallest absolute Gasteiger partial charge is 0.307 e. The number of aliphatic carboxylic acids is 1. The van der Waals surface area contributed by atoms with E-state index in [1.54, 1.807) is 0 Å². The number of benzene rings is 1. The molecule has 0 radical (unpaired) electrons. The number of nitrogens with zero attached hydrogens (tertiary/aromatic N) is 1. The summed E-state index contributed by atoms with van der Waals surface area (Å²) in [5, 5.41) is 18.7. The van der Waals surface area contributed by atoms with Crippen molar-refractivity contribution >= 4 is 17.7 Å². The van der Waals surface area contributed by atoms with Crippen LogP contribution < -0.4 is 0 Å². The van der Waals surface area contributed by atoms with Crippen LogP contribution in [0.3, 0.4) is 0 Å². The first-order chi connectivity index (χ1) is 7.50. The quantitative estimate of drug-likeness (QED) is 0.629. The van der Waals surface area contributed by atoms with Gasteiger partial charge in [0, 0.05) is 6.07 Å². The number of hydrogen-bond donors (Lipinski definition) is 1. The first kappa shape index (κ1) is 11.8. The topological polar surface area (TPSA) is 80.4 Å². The summed E-state index contributed by atoms with van der Waals surface area (Å²) < 4.78 is 13.1. The summed E-state index contributed by atoms with van der Waals surface area (Å²) in [7, 11) is 0. The second-order valence-electron chi connectivity index (χ2n) is 2.97. The van der Waals surface area contributed by atoms with E-state index in [0.717, 1.165) is 12.1 Å². The summed E-state index contributed by atoms with van der Waals surface area (Å²) in [6, 6.07) is 3.37. The molecule has 0 aromatic heterocycles. The van der Waals surface area contributed by atoms with Gasteiger partial charge in [0.05, 0.1) is 11.3 Å². The zero-order chi connectivity index (χ0) is 12.1. The highest BCUT2D eigenvalue weighted by atomic mass is 19.1. The van der Waals surface area contributed by atoms with E-state index in [9.17, 15) is 19.3 Å². The molecular formula is C10H8FNO4. The van der Waals surface area contributed by atoms with Gasteiger partial charge >= 0.3 is 11.7 Å². The van der Waals surface area contributed by atoms with Gasteiger partial charge < -0.3 is 5.11 Å². The molecule has 1 aromatic carbocycles. The van der Waals surface area contributed by atoms with Crippen LogP contribution in [-0.4, -0.2) is 16.0 Å². The summed E-state index contributed by atoms with van der Waals surface area (Å²) in [6.45, 7) is 0. The van der Waals surface area contributed by atoms with Crippen molar-refractivity contribution in [1.29, 1.82) is 0 Å². The molecule has 0 spiro atoms. The minimum Gasteiger partial charge on any atom is -0.481 e. The standard InChI is InChI=1S/C10H8FNO4/c11-8-6-7(2-1-3-10(13)14)4-5-9(8)12(15)16/h1-2,4-6H,3H2,(H,13,14). The molecule has 0 heterocycles. The predicted octanol–water partition coefficient (Wildman–Crippen LogP) is 2.22. The van der Waals surface area contributed by atoms with Crippen LogP contribution in [0.1, 0.15) is 12.0 Å². The van der Waals surface area contributed by atoms with Crippen molar-refractivity contribution in [2.24, 2.45) is 0 Å². The fourth-order valence-electron chi connectivity index (χ4n) is 1.07. The lowest BCUT2D eigenvalue weighted by Gasteiger charge is -1.95. The largest absolute Gasteiger partial charge is 0.481 e. The van der Waals surface area contributed by atoms with Crippen LogP contribution in [0.15, 0.2) is 24.3 Å². The average molecular weight is 225 g/mol. The van der Waals surface area contributed by atoms with Crippen LogP contribution in [-0.2, 0) is 4.79 Å². The fourth-order valence-corrected chi connectivity index (χ4v) is 1.07. The molecule has 0 atom stereocenters. The predicted molar refractivity (Wildman–Crippen MR) is 54.3 cm³/mol. The van der Waals surface area contributed by atoms with Crippen molar-refractivity contribution < 1.29 is 19.2 Å². The van der Waals surface area contributed by atoms with E-state index in [0.29, 0.717) is 5.56 Å². The zero-order valence-corrected chi connectivity index (χ0v) is 8.09. The molecule has 0 saturated carbocycles. The maximum Gasteiger partial charge on any atom is 0.307 e. The molecule has 84 valence electrons. The normalized spacial score (nSPS) is 10.6. The molecule has 5 nitrogen and oxygen atoms in total. The summed E-state index contributed by atoms with van der Waals surface area (Å²) in [6.07, 6.45) is 2.54. The minimum absolute atomic E-state index is 0.182. The minimum atomic E-state index is -1.00. The molecule has 6 heteroatoms. The first-order valence-electron chi connectivity index (χ1n) is 4.33. The van der Waals surface area contributed by atoms with Crippen LogP contribution in [0.2, 0.25) is 0 Å². The molecule has 1 rings (SSSR count). The van der Waals surface area contributed by atoms with Gasteiger partial charge in [-0.05, 0) is 17.7 Å². The highest BCUT2D eigenvalue weighted by Crippen LogP contribution is 2.18. The van der Waals surface area contributed by atoms with Crippen molar-refractivity contribution in [3.63, 3.8) is 0 Å². The number of rotatable bonds is 4. The fraction of sp³-hybridized carbons (Fsp3) is 0.100. The van der Waals surface area contributed by atoms with Gasteiger partial charge in [0.1, 0.15) is 0 Å². The van der Waals surface area contributed by atoms with Gasteiger partial charge in [0.15, 0.2) is 0 Å². The summed E-state index contributed by atoms with van der Waals surface area (Å²) >= 11 is 0. The van der Waals surface area contributed by atoms with Gasteiger partial charge in [0.25, 0.3) is 0 Å². The van der Waals surface area contributed by atoms with Crippen molar-refractivity contribution in [3.05, 3.63) is 45.8 Å². The summed E-state index contributed by atoms with van der Waals surface area (Å²) in [5.41, 5.74) is -0.222. The molecule has 0 amide bonds. The van der Waals surface area contributed by atoms with Gasteiger partial charge in [-0.1, -0.05) is 12.2 Å². The van der Waals surface area contributed by atoms with Gasteiger partial charge in [0.2, 0.25) is 5.82 Å². The molecule has 0 unspecified atom stereocenters. The van der Waals surface area contributed by atoms with Crippen LogP contribution in [0.4, 0.5) is 10.1 Å². The van der Waals surface area contributed by atoms with Crippen molar-refractivity contribution in [3.8, 4) is 0 Å². The third-order valence-corrected chi connectivity index (χ3v) is 1.77. The molecule has 0 aliphatic carbocycles. The molecule has 0 bridgehead atoms. The van der Waals surface area contributed by atoms with E-state index >= 15 is 0 Å². The SMILES string of the molecule is O=C(O)CC=Cc1ccc([N+](=O)[O-])c(F)c1. The Hall–Kier alpha value is -2.24. The third-order valence-electron chi connectivity index (χ3n) is 1.77. The molecular weight excluding hydrogens is 217 g/mol. The summed E-state index contributed by atoms with van der Waals surface area (Å²) in [4.78, 5) is 19.7. The lowest BCUT2D eigenvalue weighted by atomic mass is 10.2. The van der Waals surface area contributed by atoms with Crippen molar-refractivity contribution in [2.75, 3.05) is 0 Å². The van der Waals surface area contributed by atoms with Gasteiger partial charge in [-0.3, -0.25) is 14.9 Å². The maximum absolute atomic E-state index is 13.1. The Kier molecular flexibility index (Phi) is 3.71. The molecule has 0 fully saturated rings. The second-order valence-corrected chi connectivity index (χ2v) is 2.97. The van der Waals surface area contributed by atoms with Crippen LogP contribution in [0, 0.1) is 15.9 Å². The Morgan fingerprint density at radius 1 is 1.56 bits per heavy atom. The van der Waals surface area contributed by atoms with Crippen LogP contribution in [0.5, 0.6) is 0 Å². The third kappa shape index (κ3) is 3.16.